The van der Waals surface area contributed by atoms with Crippen molar-refractivity contribution in [1.82, 2.24) is 15.5 Å². The molecule has 0 saturated heterocycles. The number of likely N-dealkylation sites (N-methyl/N-ethyl adjacent to an activating group) is 1. The van der Waals surface area contributed by atoms with Gasteiger partial charge in [0.25, 0.3) is 5.89 Å². The second-order valence-corrected chi connectivity index (χ2v) is 4.31. The van der Waals surface area contributed by atoms with E-state index in [4.69, 9.17) is 4.52 Å². The molecule has 1 aromatic heterocycles. The third-order valence-electron chi connectivity index (χ3n) is 2.78. The van der Waals surface area contributed by atoms with Gasteiger partial charge in [-0.1, -0.05) is 5.16 Å². The Morgan fingerprint density at radius 3 is 2.52 bits per heavy atom. The van der Waals surface area contributed by atoms with E-state index in [1.807, 2.05) is 14.0 Å². The van der Waals surface area contributed by atoms with Crippen LogP contribution in [0.4, 0.5) is 8.78 Å². The summed E-state index contributed by atoms with van der Waals surface area (Å²) >= 11 is 0. The standard InChI is InChI=1S/C13H15F2N3O2.ClH/c1-8(16-2)7-11-17-12(20-18-11)9-3-5-10(6-4-9)19-13(14)15;/h3-6,8,13,16H,7H2,1-2H3;1H. The summed E-state index contributed by atoms with van der Waals surface area (Å²) in [6, 6.07) is 6.29. The van der Waals surface area contributed by atoms with Crippen LogP contribution in [0.3, 0.4) is 0 Å². The van der Waals surface area contributed by atoms with Crippen molar-refractivity contribution in [3.63, 3.8) is 0 Å². The van der Waals surface area contributed by atoms with E-state index in [2.05, 4.69) is 20.2 Å². The molecule has 0 amide bonds. The molecule has 0 fully saturated rings. The zero-order chi connectivity index (χ0) is 14.5. The quantitative estimate of drug-likeness (QED) is 0.887. The molecule has 0 aliphatic heterocycles. The first-order valence-corrected chi connectivity index (χ1v) is 6.13. The minimum absolute atomic E-state index is 0. The lowest BCUT2D eigenvalue weighted by Gasteiger charge is -2.04. The fraction of sp³-hybridized carbons (Fsp3) is 0.385. The van der Waals surface area contributed by atoms with Crippen LogP contribution in [-0.2, 0) is 6.42 Å². The van der Waals surface area contributed by atoms with E-state index in [9.17, 15) is 8.78 Å². The fourth-order valence-electron chi connectivity index (χ4n) is 1.61. The van der Waals surface area contributed by atoms with Crippen molar-refractivity contribution in [3.8, 4) is 17.2 Å². The van der Waals surface area contributed by atoms with Gasteiger partial charge in [-0.05, 0) is 38.2 Å². The van der Waals surface area contributed by atoms with Gasteiger partial charge in [-0.2, -0.15) is 13.8 Å². The first-order chi connectivity index (χ1) is 9.58. The van der Waals surface area contributed by atoms with E-state index < -0.39 is 6.61 Å². The number of aromatic nitrogens is 2. The summed E-state index contributed by atoms with van der Waals surface area (Å²) in [6.07, 6.45) is 0.645. The lowest BCUT2D eigenvalue weighted by molar-refractivity contribution is -0.0498. The van der Waals surface area contributed by atoms with Crippen molar-refractivity contribution in [2.45, 2.75) is 26.0 Å². The van der Waals surface area contributed by atoms with Crippen molar-refractivity contribution >= 4 is 12.4 Å². The molecule has 1 atom stereocenters. The Bertz CT molecular complexity index is 549. The van der Waals surface area contributed by atoms with Crippen molar-refractivity contribution in [1.29, 1.82) is 0 Å². The zero-order valence-corrected chi connectivity index (χ0v) is 12.4. The third-order valence-corrected chi connectivity index (χ3v) is 2.78. The van der Waals surface area contributed by atoms with Crippen LogP contribution in [0.25, 0.3) is 11.5 Å². The molecule has 21 heavy (non-hydrogen) atoms. The molecule has 1 aromatic carbocycles. The number of alkyl halides is 2. The van der Waals surface area contributed by atoms with E-state index >= 15 is 0 Å². The number of hydrogen-bond acceptors (Lipinski definition) is 5. The minimum Gasteiger partial charge on any atom is -0.435 e. The molecule has 2 aromatic rings. The van der Waals surface area contributed by atoms with Gasteiger partial charge in [-0.3, -0.25) is 0 Å². The maximum Gasteiger partial charge on any atom is 0.387 e. The largest absolute Gasteiger partial charge is 0.435 e. The average molecular weight is 320 g/mol. The summed E-state index contributed by atoms with van der Waals surface area (Å²) in [4.78, 5) is 4.25. The Morgan fingerprint density at radius 2 is 1.95 bits per heavy atom. The van der Waals surface area contributed by atoms with Crippen LogP contribution in [-0.4, -0.2) is 29.8 Å². The molecule has 0 aliphatic rings. The van der Waals surface area contributed by atoms with Gasteiger partial charge in [0.1, 0.15) is 5.75 Å². The van der Waals surface area contributed by atoms with E-state index in [-0.39, 0.29) is 24.2 Å². The molecule has 0 saturated carbocycles. The third kappa shape index (κ3) is 4.95. The molecule has 8 heteroatoms. The van der Waals surface area contributed by atoms with Crippen LogP contribution in [0.5, 0.6) is 5.75 Å². The van der Waals surface area contributed by atoms with Crippen LogP contribution in [0.2, 0.25) is 0 Å². The predicted molar refractivity (Wildman–Crippen MR) is 75.8 cm³/mol. The van der Waals surface area contributed by atoms with Crippen LogP contribution in [0.1, 0.15) is 12.7 Å². The number of ether oxygens (including phenoxy) is 1. The molecule has 1 N–H and O–H groups in total. The van der Waals surface area contributed by atoms with Crippen molar-refractivity contribution in [3.05, 3.63) is 30.1 Å². The molecular formula is C13H16ClF2N3O2. The van der Waals surface area contributed by atoms with Gasteiger partial charge in [-0.15, -0.1) is 12.4 Å². The molecule has 0 radical (unpaired) electrons. The van der Waals surface area contributed by atoms with E-state index in [0.29, 0.717) is 23.7 Å². The van der Waals surface area contributed by atoms with Gasteiger partial charge >= 0.3 is 6.61 Å². The second kappa shape index (κ2) is 7.90. The molecule has 1 unspecified atom stereocenters. The Labute approximate surface area is 127 Å². The van der Waals surface area contributed by atoms with Gasteiger partial charge < -0.3 is 14.6 Å². The molecule has 1 heterocycles. The second-order valence-electron chi connectivity index (χ2n) is 4.31. The monoisotopic (exact) mass is 319 g/mol. The predicted octanol–water partition coefficient (Wildman–Crippen LogP) is 2.91. The zero-order valence-electron chi connectivity index (χ0n) is 11.5. The van der Waals surface area contributed by atoms with Crippen molar-refractivity contribution < 1.29 is 18.0 Å². The molecule has 0 bridgehead atoms. The Morgan fingerprint density at radius 1 is 1.29 bits per heavy atom. The van der Waals surface area contributed by atoms with Gasteiger partial charge in [0.05, 0.1) is 0 Å². The Hall–Kier alpha value is -1.73. The highest BCUT2D eigenvalue weighted by molar-refractivity contribution is 5.85. The molecule has 5 nitrogen and oxygen atoms in total. The number of rotatable bonds is 6. The number of nitrogens with zero attached hydrogens (tertiary/aromatic N) is 2. The molecule has 0 spiro atoms. The molecular weight excluding hydrogens is 304 g/mol. The topological polar surface area (TPSA) is 60.2 Å². The highest BCUT2D eigenvalue weighted by Crippen LogP contribution is 2.22. The van der Waals surface area contributed by atoms with Gasteiger partial charge in [-0.25, -0.2) is 0 Å². The van der Waals surface area contributed by atoms with Crippen LogP contribution in [0.15, 0.2) is 28.8 Å². The van der Waals surface area contributed by atoms with Crippen LogP contribution >= 0.6 is 12.4 Å². The average Bonchev–Trinajstić information content (AvgIpc) is 2.87. The normalized spacial score (nSPS) is 12.0. The number of benzene rings is 1. The van der Waals surface area contributed by atoms with Gasteiger partial charge in [0, 0.05) is 18.0 Å². The van der Waals surface area contributed by atoms with E-state index in [1.165, 1.54) is 12.1 Å². The van der Waals surface area contributed by atoms with E-state index in [0.717, 1.165) is 0 Å². The lowest BCUT2D eigenvalue weighted by Crippen LogP contribution is -2.24. The first kappa shape index (κ1) is 17.3. The SMILES string of the molecule is CNC(C)Cc1noc(-c2ccc(OC(F)F)cc2)n1.Cl. The number of hydrogen-bond donors (Lipinski definition) is 1. The molecule has 116 valence electrons. The Kier molecular flexibility index (Phi) is 6.51. The summed E-state index contributed by atoms with van der Waals surface area (Å²) in [5, 5.41) is 6.95. The highest BCUT2D eigenvalue weighted by Gasteiger charge is 2.11. The summed E-state index contributed by atoms with van der Waals surface area (Å²) in [5.74, 6) is 1.04. The first-order valence-electron chi connectivity index (χ1n) is 6.13. The summed E-state index contributed by atoms with van der Waals surface area (Å²) in [7, 11) is 1.85. The summed E-state index contributed by atoms with van der Waals surface area (Å²) in [6.45, 7) is -0.828. The number of nitrogens with one attached hydrogen (secondary N) is 1. The molecule has 2 rings (SSSR count). The van der Waals surface area contributed by atoms with Crippen LogP contribution in [0, 0.1) is 0 Å². The lowest BCUT2D eigenvalue weighted by atomic mass is 10.2. The van der Waals surface area contributed by atoms with Crippen LogP contribution < -0.4 is 10.1 Å². The minimum atomic E-state index is -2.83. The van der Waals surface area contributed by atoms with E-state index in [1.54, 1.807) is 12.1 Å². The highest BCUT2D eigenvalue weighted by atomic mass is 35.5. The van der Waals surface area contributed by atoms with Crippen molar-refractivity contribution in [2.24, 2.45) is 0 Å². The number of halogens is 3. The summed E-state index contributed by atoms with van der Waals surface area (Å²) in [5.41, 5.74) is 0.655. The smallest absolute Gasteiger partial charge is 0.387 e. The van der Waals surface area contributed by atoms with Gasteiger partial charge in [0.2, 0.25) is 0 Å². The maximum atomic E-state index is 12.0. The molecule has 0 aliphatic carbocycles. The van der Waals surface area contributed by atoms with Crippen molar-refractivity contribution in [2.75, 3.05) is 7.05 Å². The summed E-state index contributed by atoms with van der Waals surface area (Å²) < 4.78 is 33.5. The van der Waals surface area contributed by atoms with Gasteiger partial charge in [0.15, 0.2) is 5.82 Å². The maximum absolute atomic E-state index is 12.0. The Balaban J connectivity index is 0.00000220. The fourth-order valence-corrected chi connectivity index (χ4v) is 1.61.